The van der Waals surface area contributed by atoms with Gasteiger partial charge < -0.3 is 10.6 Å². The van der Waals surface area contributed by atoms with Crippen molar-refractivity contribution in [3.05, 3.63) is 22.4 Å². The van der Waals surface area contributed by atoms with Crippen molar-refractivity contribution in [2.75, 3.05) is 36.2 Å². The van der Waals surface area contributed by atoms with Gasteiger partial charge in [0.05, 0.1) is 15.8 Å². The van der Waals surface area contributed by atoms with Crippen LogP contribution in [0.5, 0.6) is 0 Å². The largest absolute Gasteiger partial charge is 0.397 e. The van der Waals surface area contributed by atoms with Crippen LogP contribution in [0.4, 0.5) is 15.8 Å². The Morgan fingerprint density at radius 2 is 2.20 bits per heavy atom. The van der Waals surface area contributed by atoms with Gasteiger partial charge in [-0.1, -0.05) is 0 Å². The summed E-state index contributed by atoms with van der Waals surface area (Å²) in [5.41, 5.74) is 7.15. The Bertz CT molecular complexity index is 346. The van der Waals surface area contributed by atoms with Gasteiger partial charge in [-0.15, -0.1) is 0 Å². The van der Waals surface area contributed by atoms with Crippen LogP contribution < -0.4 is 10.6 Å². The third-order valence-electron chi connectivity index (χ3n) is 2.11. The standard InChI is InChI=1S/C10H14BrFN2S/c1-14(3-4-15-2)10-6-8(12)7(11)5-9(10)13/h5-6H,3-4,13H2,1-2H3. The topological polar surface area (TPSA) is 29.3 Å². The third kappa shape index (κ3) is 3.28. The molecule has 1 aromatic rings. The molecule has 1 rings (SSSR count). The molecule has 1 aromatic carbocycles. The van der Waals surface area contributed by atoms with Crippen molar-refractivity contribution in [3.8, 4) is 0 Å². The number of nitrogens with two attached hydrogens (primary N) is 1. The summed E-state index contributed by atoms with van der Waals surface area (Å²) in [4.78, 5) is 1.96. The molecule has 0 heterocycles. The predicted octanol–water partition coefficient (Wildman–Crippen LogP) is 2.97. The lowest BCUT2D eigenvalue weighted by Gasteiger charge is -2.20. The lowest BCUT2D eigenvalue weighted by molar-refractivity contribution is 0.621. The molecule has 2 nitrogen and oxygen atoms in total. The average Bonchev–Trinajstić information content (AvgIpc) is 2.20. The molecule has 0 saturated heterocycles. The summed E-state index contributed by atoms with van der Waals surface area (Å²) in [6.45, 7) is 0.854. The van der Waals surface area contributed by atoms with E-state index in [0.717, 1.165) is 18.0 Å². The first kappa shape index (κ1) is 12.6. The van der Waals surface area contributed by atoms with Gasteiger partial charge in [0.25, 0.3) is 0 Å². The van der Waals surface area contributed by atoms with Crippen LogP contribution in [0.3, 0.4) is 0 Å². The lowest BCUT2D eigenvalue weighted by atomic mass is 10.2. The molecule has 0 atom stereocenters. The molecular formula is C10H14BrFN2S. The van der Waals surface area contributed by atoms with E-state index < -0.39 is 0 Å². The number of rotatable bonds is 4. The van der Waals surface area contributed by atoms with Gasteiger partial charge in [-0.05, 0) is 28.3 Å². The fourth-order valence-electron chi connectivity index (χ4n) is 1.23. The van der Waals surface area contributed by atoms with Gasteiger partial charge in [0.1, 0.15) is 5.82 Å². The molecule has 0 aliphatic rings. The summed E-state index contributed by atoms with van der Waals surface area (Å²) in [5, 5.41) is 0. The van der Waals surface area contributed by atoms with Crippen LogP contribution in [0.1, 0.15) is 0 Å². The van der Waals surface area contributed by atoms with E-state index in [-0.39, 0.29) is 5.82 Å². The van der Waals surface area contributed by atoms with Crippen molar-refractivity contribution < 1.29 is 4.39 Å². The Kier molecular flexibility index (Phi) is 4.73. The maximum absolute atomic E-state index is 13.3. The second-order valence-corrected chi connectivity index (χ2v) is 5.08. The van der Waals surface area contributed by atoms with Crippen LogP contribution in [0.2, 0.25) is 0 Å². The number of benzene rings is 1. The highest BCUT2D eigenvalue weighted by molar-refractivity contribution is 9.10. The van der Waals surface area contributed by atoms with E-state index in [9.17, 15) is 4.39 Å². The summed E-state index contributed by atoms with van der Waals surface area (Å²) in [7, 11) is 1.91. The van der Waals surface area contributed by atoms with E-state index in [1.807, 2.05) is 18.2 Å². The van der Waals surface area contributed by atoms with Crippen LogP contribution in [-0.2, 0) is 0 Å². The van der Waals surface area contributed by atoms with Crippen LogP contribution in [0.15, 0.2) is 16.6 Å². The quantitative estimate of drug-likeness (QED) is 0.865. The molecular weight excluding hydrogens is 279 g/mol. The second-order valence-electron chi connectivity index (χ2n) is 3.24. The Morgan fingerprint density at radius 3 is 2.80 bits per heavy atom. The summed E-state index contributed by atoms with van der Waals surface area (Å²) < 4.78 is 13.7. The van der Waals surface area contributed by atoms with Crippen molar-refractivity contribution in [1.82, 2.24) is 0 Å². The molecule has 0 aliphatic carbocycles. The molecule has 0 bridgehead atoms. The lowest BCUT2D eigenvalue weighted by Crippen LogP contribution is -2.21. The van der Waals surface area contributed by atoms with E-state index >= 15 is 0 Å². The minimum Gasteiger partial charge on any atom is -0.397 e. The Balaban J connectivity index is 2.88. The van der Waals surface area contributed by atoms with Gasteiger partial charge in [-0.2, -0.15) is 11.8 Å². The van der Waals surface area contributed by atoms with Gasteiger partial charge in [-0.3, -0.25) is 0 Å². The summed E-state index contributed by atoms with van der Waals surface area (Å²) >= 11 is 4.86. The van der Waals surface area contributed by atoms with E-state index in [2.05, 4.69) is 15.9 Å². The third-order valence-corrected chi connectivity index (χ3v) is 3.31. The molecule has 0 radical (unpaired) electrons. The molecule has 0 spiro atoms. The smallest absolute Gasteiger partial charge is 0.139 e. The molecule has 0 amide bonds. The number of hydrogen-bond acceptors (Lipinski definition) is 3. The van der Waals surface area contributed by atoms with Crippen LogP contribution in [0, 0.1) is 5.82 Å². The zero-order valence-corrected chi connectivity index (χ0v) is 11.2. The van der Waals surface area contributed by atoms with Crippen LogP contribution in [-0.4, -0.2) is 25.6 Å². The predicted molar refractivity (Wildman–Crippen MR) is 70.2 cm³/mol. The Morgan fingerprint density at radius 1 is 1.53 bits per heavy atom. The number of thioether (sulfide) groups is 1. The fourth-order valence-corrected chi connectivity index (χ4v) is 2.05. The zero-order valence-electron chi connectivity index (χ0n) is 8.76. The average molecular weight is 293 g/mol. The number of anilines is 2. The molecule has 5 heteroatoms. The van der Waals surface area contributed by atoms with E-state index in [0.29, 0.717) is 10.2 Å². The maximum atomic E-state index is 13.3. The number of nitrogens with zero attached hydrogens (tertiary/aromatic N) is 1. The van der Waals surface area contributed by atoms with Crippen molar-refractivity contribution in [3.63, 3.8) is 0 Å². The highest BCUT2D eigenvalue weighted by atomic mass is 79.9. The molecule has 84 valence electrons. The van der Waals surface area contributed by atoms with Gasteiger partial charge in [-0.25, -0.2) is 4.39 Å². The Hall–Kier alpha value is -0.420. The fraction of sp³-hybridized carbons (Fsp3) is 0.400. The van der Waals surface area contributed by atoms with Crippen LogP contribution >= 0.6 is 27.7 Å². The Labute approximate surface area is 102 Å². The van der Waals surface area contributed by atoms with Gasteiger partial charge in [0.15, 0.2) is 0 Å². The number of nitrogen functional groups attached to an aromatic ring is 1. The molecule has 0 saturated carbocycles. The summed E-state index contributed by atoms with van der Waals surface area (Å²) in [5.74, 6) is 0.711. The van der Waals surface area contributed by atoms with Gasteiger partial charge in [0, 0.05) is 25.4 Å². The van der Waals surface area contributed by atoms with E-state index in [1.54, 1.807) is 17.8 Å². The minimum absolute atomic E-state index is 0.282. The highest BCUT2D eigenvalue weighted by Gasteiger charge is 2.09. The van der Waals surface area contributed by atoms with Crippen LogP contribution in [0.25, 0.3) is 0 Å². The summed E-state index contributed by atoms with van der Waals surface area (Å²) in [6, 6.07) is 3.06. The van der Waals surface area contributed by atoms with Crippen molar-refractivity contribution in [1.29, 1.82) is 0 Å². The first-order valence-electron chi connectivity index (χ1n) is 4.51. The van der Waals surface area contributed by atoms with Crippen molar-refractivity contribution >= 4 is 39.1 Å². The molecule has 0 fully saturated rings. The minimum atomic E-state index is -0.282. The monoisotopic (exact) mass is 292 g/mol. The molecule has 0 aromatic heterocycles. The first-order chi connectivity index (χ1) is 7.06. The number of hydrogen-bond donors (Lipinski definition) is 1. The SMILES string of the molecule is CSCCN(C)c1cc(F)c(Br)cc1N. The molecule has 0 unspecified atom stereocenters. The molecule has 15 heavy (non-hydrogen) atoms. The normalized spacial score (nSPS) is 10.4. The van der Waals surface area contributed by atoms with Gasteiger partial charge >= 0.3 is 0 Å². The molecule has 2 N–H and O–H groups in total. The van der Waals surface area contributed by atoms with Gasteiger partial charge in [0.2, 0.25) is 0 Å². The molecule has 0 aliphatic heterocycles. The highest BCUT2D eigenvalue weighted by Crippen LogP contribution is 2.28. The summed E-state index contributed by atoms with van der Waals surface area (Å²) in [6.07, 6.45) is 2.04. The zero-order chi connectivity index (χ0) is 11.4. The van der Waals surface area contributed by atoms with E-state index in [4.69, 9.17) is 5.73 Å². The number of halogens is 2. The van der Waals surface area contributed by atoms with Crippen molar-refractivity contribution in [2.24, 2.45) is 0 Å². The first-order valence-corrected chi connectivity index (χ1v) is 6.69. The second kappa shape index (κ2) is 5.61. The maximum Gasteiger partial charge on any atom is 0.139 e. The van der Waals surface area contributed by atoms with Crippen molar-refractivity contribution in [2.45, 2.75) is 0 Å². The van der Waals surface area contributed by atoms with E-state index in [1.165, 1.54) is 6.07 Å².